The summed E-state index contributed by atoms with van der Waals surface area (Å²) in [6, 6.07) is 16.9. The molecule has 4 rings (SSSR count). The minimum absolute atomic E-state index is 0.151. The van der Waals surface area contributed by atoms with Crippen LogP contribution in [0.3, 0.4) is 0 Å². The van der Waals surface area contributed by atoms with Crippen molar-refractivity contribution in [3.05, 3.63) is 70.7 Å². The van der Waals surface area contributed by atoms with Gasteiger partial charge in [-0.1, -0.05) is 42.5 Å². The van der Waals surface area contributed by atoms with Crippen molar-refractivity contribution >= 4 is 27.6 Å². The Morgan fingerprint density at radius 1 is 1.20 bits per heavy atom. The zero-order valence-electron chi connectivity index (χ0n) is 17.5. The van der Waals surface area contributed by atoms with Crippen LogP contribution in [-0.2, 0) is 4.74 Å². The van der Waals surface area contributed by atoms with Gasteiger partial charge in [0.25, 0.3) is 0 Å². The van der Waals surface area contributed by atoms with Gasteiger partial charge in [-0.2, -0.15) is 0 Å². The summed E-state index contributed by atoms with van der Waals surface area (Å²) in [7, 11) is 2.17. The second kappa shape index (κ2) is 10.3. The fourth-order valence-corrected chi connectivity index (χ4v) is 4.88. The lowest BCUT2D eigenvalue weighted by atomic mass is 10.0. The Hall–Kier alpha value is -2.05. The number of unbranched alkanes of at least 4 members (excludes halogenated alkanes) is 1. The number of likely N-dealkylation sites (tertiary alicyclic amines) is 1. The second-order valence-electron chi connectivity index (χ2n) is 7.98. The van der Waals surface area contributed by atoms with Gasteiger partial charge >= 0.3 is 0 Å². The number of thiazole rings is 1. The van der Waals surface area contributed by atoms with E-state index in [1.165, 1.54) is 4.70 Å². The van der Waals surface area contributed by atoms with Crippen LogP contribution in [0.4, 0.5) is 0 Å². The normalized spacial score (nSPS) is 17.1. The van der Waals surface area contributed by atoms with Crippen LogP contribution in [0.2, 0.25) is 0 Å². The molecular weight excluding hydrogens is 392 g/mol. The average Bonchev–Trinajstić information content (AvgIpc) is 3.20. The minimum atomic E-state index is -0.151. The molecule has 2 heterocycles. The van der Waals surface area contributed by atoms with Crippen molar-refractivity contribution in [3.8, 4) is 0 Å². The summed E-state index contributed by atoms with van der Waals surface area (Å²) in [5.74, 6) is 0. The first-order chi connectivity index (χ1) is 14.7. The van der Waals surface area contributed by atoms with Crippen molar-refractivity contribution in [1.29, 1.82) is 0 Å². The maximum Gasteiger partial charge on any atom is 0.134 e. The smallest absolute Gasteiger partial charge is 0.134 e. The van der Waals surface area contributed by atoms with Crippen molar-refractivity contribution in [2.24, 2.45) is 0 Å². The molecule has 1 unspecified atom stereocenters. The molecule has 5 heteroatoms. The molecule has 1 fully saturated rings. The SMILES string of the molecule is CN1CCC(OC(c2cccc(/C=C/CCCO)c2)c2nc3ccccc3s2)CC1. The third kappa shape index (κ3) is 5.35. The molecule has 2 aromatic carbocycles. The molecule has 3 aromatic rings. The molecule has 0 spiro atoms. The predicted molar refractivity (Wildman–Crippen MR) is 125 cm³/mol. The summed E-state index contributed by atoms with van der Waals surface area (Å²) in [5.41, 5.74) is 3.34. The summed E-state index contributed by atoms with van der Waals surface area (Å²) in [6.07, 6.45) is 8.14. The maximum absolute atomic E-state index is 8.98. The number of piperidine rings is 1. The van der Waals surface area contributed by atoms with Crippen molar-refractivity contribution < 1.29 is 9.84 Å². The molecule has 1 aliphatic heterocycles. The monoisotopic (exact) mass is 422 g/mol. The van der Waals surface area contributed by atoms with E-state index in [1.54, 1.807) is 11.3 Å². The fourth-order valence-electron chi connectivity index (χ4n) is 3.85. The molecule has 1 aromatic heterocycles. The topological polar surface area (TPSA) is 45.6 Å². The van der Waals surface area contributed by atoms with Crippen molar-refractivity contribution in [3.63, 3.8) is 0 Å². The van der Waals surface area contributed by atoms with Gasteiger partial charge in [0.2, 0.25) is 0 Å². The molecule has 1 atom stereocenters. The largest absolute Gasteiger partial charge is 0.396 e. The number of nitrogens with zero attached hydrogens (tertiary/aromatic N) is 2. The molecule has 1 saturated heterocycles. The van der Waals surface area contributed by atoms with E-state index in [2.05, 4.69) is 66.6 Å². The molecule has 158 valence electrons. The third-order valence-corrected chi connectivity index (χ3v) is 6.66. The lowest BCUT2D eigenvalue weighted by Crippen LogP contribution is -2.35. The molecule has 0 aliphatic carbocycles. The minimum Gasteiger partial charge on any atom is -0.396 e. The Kier molecular flexibility index (Phi) is 7.28. The van der Waals surface area contributed by atoms with Gasteiger partial charge in [0.05, 0.1) is 16.3 Å². The number of para-hydroxylation sites is 1. The molecule has 1 aliphatic rings. The molecule has 0 bridgehead atoms. The molecular formula is C25H30N2O2S. The van der Waals surface area contributed by atoms with Crippen LogP contribution < -0.4 is 0 Å². The quantitative estimate of drug-likeness (QED) is 0.502. The van der Waals surface area contributed by atoms with E-state index in [0.29, 0.717) is 0 Å². The number of hydrogen-bond donors (Lipinski definition) is 1. The van der Waals surface area contributed by atoms with Crippen LogP contribution in [0, 0.1) is 0 Å². The summed E-state index contributed by atoms with van der Waals surface area (Å²) in [5, 5.41) is 10.0. The molecule has 1 N–H and O–H groups in total. The highest BCUT2D eigenvalue weighted by atomic mass is 32.1. The predicted octanol–water partition coefficient (Wildman–Crippen LogP) is 5.28. The van der Waals surface area contributed by atoms with Gasteiger partial charge in [-0.15, -0.1) is 11.3 Å². The standard InChI is InChI=1S/C25H30N2O2S/c1-27-15-13-21(14-16-27)29-24(25-26-22-11-4-5-12-23(22)30-25)20-10-7-9-19(18-20)8-3-2-6-17-28/h3-5,7-12,18,21,24,28H,2,6,13-17H2,1H3/b8-3+. The Bertz CT molecular complexity index is 943. The lowest BCUT2D eigenvalue weighted by molar-refractivity contribution is -0.0234. The van der Waals surface area contributed by atoms with E-state index >= 15 is 0 Å². The maximum atomic E-state index is 8.98. The zero-order chi connectivity index (χ0) is 20.8. The number of aromatic nitrogens is 1. The van der Waals surface area contributed by atoms with E-state index in [1.807, 2.05) is 6.07 Å². The number of hydrogen-bond acceptors (Lipinski definition) is 5. The molecule has 4 nitrogen and oxygen atoms in total. The Labute approximate surface area is 182 Å². The number of rotatable bonds is 8. The van der Waals surface area contributed by atoms with E-state index in [0.717, 1.165) is 60.4 Å². The number of aliphatic hydroxyl groups is 1. The van der Waals surface area contributed by atoms with Crippen LogP contribution in [-0.4, -0.2) is 47.8 Å². The van der Waals surface area contributed by atoms with Crippen LogP contribution in [0.1, 0.15) is 47.9 Å². The number of benzene rings is 2. The number of ether oxygens (including phenoxy) is 1. The first-order valence-corrected chi connectivity index (χ1v) is 11.6. The van der Waals surface area contributed by atoms with Crippen LogP contribution >= 0.6 is 11.3 Å². The Morgan fingerprint density at radius 3 is 2.83 bits per heavy atom. The third-order valence-electron chi connectivity index (χ3n) is 5.58. The van der Waals surface area contributed by atoms with E-state index in [4.69, 9.17) is 14.8 Å². The molecule has 30 heavy (non-hydrogen) atoms. The second-order valence-corrected chi connectivity index (χ2v) is 9.04. The van der Waals surface area contributed by atoms with Crippen molar-refractivity contribution in [2.45, 2.75) is 37.9 Å². The van der Waals surface area contributed by atoms with Gasteiger partial charge in [0.1, 0.15) is 11.1 Å². The Morgan fingerprint density at radius 2 is 2.03 bits per heavy atom. The van der Waals surface area contributed by atoms with Gasteiger partial charge in [-0.25, -0.2) is 4.98 Å². The highest BCUT2D eigenvalue weighted by molar-refractivity contribution is 7.18. The number of fused-ring (bicyclic) bond motifs is 1. The van der Waals surface area contributed by atoms with Crippen molar-refractivity contribution in [1.82, 2.24) is 9.88 Å². The van der Waals surface area contributed by atoms with Gasteiger partial charge < -0.3 is 14.7 Å². The van der Waals surface area contributed by atoms with E-state index < -0.39 is 0 Å². The molecule has 0 saturated carbocycles. The van der Waals surface area contributed by atoms with Crippen LogP contribution in [0.5, 0.6) is 0 Å². The summed E-state index contributed by atoms with van der Waals surface area (Å²) in [6.45, 7) is 2.38. The highest BCUT2D eigenvalue weighted by Crippen LogP contribution is 2.35. The van der Waals surface area contributed by atoms with Gasteiger partial charge in [-0.05, 0) is 62.1 Å². The number of allylic oxidation sites excluding steroid dienone is 1. The van der Waals surface area contributed by atoms with Gasteiger partial charge in [0, 0.05) is 19.7 Å². The highest BCUT2D eigenvalue weighted by Gasteiger charge is 2.26. The Balaban J connectivity index is 1.62. The van der Waals surface area contributed by atoms with Crippen molar-refractivity contribution in [2.75, 3.05) is 26.7 Å². The first kappa shape index (κ1) is 21.2. The fraction of sp³-hybridized carbons (Fsp3) is 0.400. The van der Waals surface area contributed by atoms with Gasteiger partial charge in [0.15, 0.2) is 0 Å². The molecule has 0 radical (unpaired) electrons. The first-order valence-electron chi connectivity index (χ1n) is 10.8. The average molecular weight is 423 g/mol. The van der Waals surface area contributed by atoms with Crippen LogP contribution in [0.25, 0.3) is 16.3 Å². The zero-order valence-corrected chi connectivity index (χ0v) is 18.4. The van der Waals surface area contributed by atoms with E-state index in [9.17, 15) is 0 Å². The van der Waals surface area contributed by atoms with Gasteiger partial charge in [-0.3, -0.25) is 0 Å². The molecule has 0 amide bonds. The summed E-state index contributed by atoms with van der Waals surface area (Å²) < 4.78 is 7.90. The van der Waals surface area contributed by atoms with E-state index in [-0.39, 0.29) is 18.8 Å². The number of aliphatic hydroxyl groups excluding tert-OH is 1. The summed E-state index contributed by atoms with van der Waals surface area (Å²) in [4.78, 5) is 7.29. The lowest BCUT2D eigenvalue weighted by Gasteiger charge is -2.31. The summed E-state index contributed by atoms with van der Waals surface area (Å²) >= 11 is 1.73. The van der Waals surface area contributed by atoms with Crippen LogP contribution in [0.15, 0.2) is 54.6 Å².